The smallest absolute Gasteiger partial charge is 0.134 e. The van der Waals surface area contributed by atoms with E-state index in [1.807, 2.05) is 0 Å². The number of aryl methyl sites for hydroxylation is 2. The first-order valence-electron chi connectivity index (χ1n) is 24.4. The van der Waals surface area contributed by atoms with Crippen LogP contribution in [0, 0.1) is 13.8 Å². The van der Waals surface area contributed by atoms with Crippen LogP contribution in [-0.4, -0.2) is 20.0 Å². The number of hydrogen-bond acceptors (Lipinski definition) is 3. The fraction of sp³-hybridized carbons (Fsp3) is 0.317. The van der Waals surface area contributed by atoms with E-state index in [4.69, 9.17) is 9.47 Å². The Kier molecular flexibility index (Phi) is 14.4. The third-order valence-electron chi connectivity index (χ3n) is 14.1. The lowest BCUT2D eigenvalue weighted by molar-refractivity contribution is -0.119. The van der Waals surface area contributed by atoms with Crippen LogP contribution in [0.3, 0.4) is 0 Å². The van der Waals surface area contributed by atoms with E-state index in [0.29, 0.717) is 18.6 Å². The Balaban J connectivity index is 1.55. The highest BCUT2D eigenvalue weighted by atomic mass is 31.1. The largest absolute Gasteiger partial charge is 0.497 e. The van der Waals surface area contributed by atoms with Crippen LogP contribution in [0.2, 0.25) is 0 Å². The second-order valence-electron chi connectivity index (χ2n) is 19.9. The van der Waals surface area contributed by atoms with Gasteiger partial charge in [0.15, 0.2) is 0 Å². The van der Waals surface area contributed by atoms with E-state index in [-0.39, 0.29) is 35.0 Å². The molecule has 8 rings (SSSR count). The molecule has 67 heavy (non-hydrogen) atoms. The number of ether oxygens (including phenoxy) is 2. The topological polar surface area (TPSA) is 35.5 Å². The molecule has 1 aliphatic rings. The van der Waals surface area contributed by atoms with Gasteiger partial charge in [0.2, 0.25) is 0 Å². The molecule has 0 radical (unpaired) electrons. The summed E-state index contributed by atoms with van der Waals surface area (Å²) in [6.45, 7) is 23.3. The molecular formula is C63H69O3P. The first kappa shape index (κ1) is 47.7. The number of ketones is 1. The second kappa shape index (κ2) is 20.2. The molecule has 0 spiro atoms. The van der Waals surface area contributed by atoms with Crippen molar-refractivity contribution in [1.29, 1.82) is 0 Å². The molecule has 0 saturated carbocycles. The van der Waals surface area contributed by atoms with Gasteiger partial charge in [-0.2, -0.15) is 0 Å². The number of hydrogen-bond donors (Lipinski definition) is 0. The molecule has 0 amide bonds. The molecule has 1 saturated heterocycles. The zero-order chi connectivity index (χ0) is 47.7. The Morgan fingerprint density at radius 2 is 0.776 bits per heavy atom. The van der Waals surface area contributed by atoms with Gasteiger partial charge in [-0.05, 0) is 156 Å². The van der Waals surface area contributed by atoms with E-state index >= 15 is 0 Å². The van der Waals surface area contributed by atoms with Gasteiger partial charge < -0.3 is 9.47 Å². The number of Topliss-reactive ketones (excluding diaryl/α,β-unsaturated/α-hetero) is 1. The summed E-state index contributed by atoms with van der Waals surface area (Å²) < 4.78 is 11.4. The summed E-state index contributed by atoms with van der Waals surface area (Å²) in [5.74, 6) is 2.92. The van der Waals surface area contributed by atoms with E-state index in [1.165, 1.54) is 94.3 Å². The first-order valence-corrected chi connectivity index (χ1v) is 25.9. The highest BCUT2D eigenvalue weighted by Crippen LogP contribution is 2.68. The van der Waals surface area contributed by atoms with Crippen LogP contribution in [0.25, 0.3) is 44.5 Å². The van der Waals surface area contributed by atoms with Crippen molar-refractivity contribution in [3.8, 4) is 56.0 Å². The lowest BCUT2D eigenvalue weighted by atomic mass is 9.79. The van der Waals surface area contributed by atoms with E-state index in [9.17, 15) is 4.79 Å². The van der Waals surface area contributed by atoms with Crippen molar-refractivity contribution in [3.63, 3.8) is 0 Å². The highest BCUT2D eigenvalue weighted by molar-refractivity contribution is 7.67. The van der Waals surface area contributed by atoms with Crippen LogP contribution in [0.15, 0.2) is 140 Å². The second-order valence-corrected chi connectivity index (χ2v) is 22.5. The molecule has 4 heteroatoms. The number of rotatable bonds is 13. The Hall–Kier alpha value is -5.76. The maximum absolute atomic E-state index is 14.5. The maximum Gasteiger partial charge on any atom is 0.134 e. The zero-order valence-electron chi connectivity index (χ0n) is 41.8. The summed E-state index contributed by atoms with van der Waals surface area (Å²) in [5.41, 5.74) is 20.6. The van der Waals surface area contributed by atoms with E-state index in [1.54, 1.807) is 14.2 Å². The summed E-state index contributed by atoms with van der Waals surface area (Å²) in [5, 5.41) is 1.39. The van der Waals surface area contributed by atoms with Gasteiger partial charge in [0, 0.05) is 24.2 Å². The molecule has 1 fully saturated rings. The Morgan fingerprint density at radius 3 is 1.09 bits per heavy atom. The Labute approximate surface area is 402 Å². The summed E-state index contributed by atoms with van der Waals surface area (Å²) in [7, 11) is 2.31. The molecule has 0 aliphatic carbocycles. The van der Waals surface area contributed by atoms with Crippen molar-refractivity contribution in [2.45, 2.75) is 117 Å². The van der Waals surface area contributed by atoms with Gasteiger partial charge in [-0.3, -0.25) is 4.79 Å². The molecule has 7 aromatic carbocycles. The highest BCUT2D eigenvalue weighted by Gasteiger charge is 2.43. The van der Waals surface area contributed by atoms with Crippen LogP contribution in [0.1, 0.15) is 148 Å². The lowest BCUT2D eigenvalue weighted by Crippen LogP contribution is -2.26. The van der Waals surface area contributed by atoms with Gasteiger partial charge in [0.1, 0.15) is 17.3 Å². The summed E-state index contributed by atoms with van der Waals surface area (Å²) in [4.78, 5) is 14.5. The minimum atomic E-state index is -1.13. The van der Waals surface area contributed by atoms with Crippen molar-refractivity contribution in [1.82, 2.24) is 0 Å². The summed E-state index contributed by atoms with van der Waals surface area (Å²) in [6.07, 6.45) is 0.970. The third-order valence-corrected chi connectivity index (χ3v) is 17.4. The monoisotopic (exact) mass is 904 g/mol. The Morgan fingerprint density at radius 1 is 0.448 bits per heavy atom. The minimum Gasteiger partial charge on any atom is -0.497 e. The third kappa shape index (κ3) is 9.55. The maximum atomic E-state index is 14.5. The lowest BCUT2D eigenvalue weighted by Gasteiger charge is -2.42. The molecule has 1 aliphatic heterocycles. The zero-order valence-corrected chi connectivity index (χ0v) is 42.7. The van der Waals surface area contributed by atoms with Gasteiger partial charge in [-0.1, -0.05) is 179 Å². The molecule has 0 N–H and O–H groups in total. The SMILES string of the molecule is COc1ccc(C2CC(=O)CC(c3ccc(OC)cc3)P2c2c(-c3c(C(C)C)cc(-c4ccccc4C)cc3C(C)C)cccc2-c2c(C(C)C)cc(-c3ccccc3C)cc2C(C)C)cc1. The van der Waals surface area contributed by atoms with Gasteiger partial charge >= 0.3 is 0 Å². The summed E-state index contributed by atoms with van der Waals surface area (Å²) in [6, 6.07) is 51.9. The van der Waals surface area contributed by atoms with Gasteiger partial charge in [0.25, 0.3) is 0 Å². The predicted octanol–water partition coefficient (Wildman–Crippen LogP) is 17.4. The molecule has 0 aromatic heterocycles. The summed E-state index contributed by atoms with van der Waals surface area (Å²) >= 11 is 0. The molecule has 0 bridgehead atoms. The number of benzene rings is 7. The average molecular weight is 905 g/mol. The van der Waals surface area contributed by atoms with Crippen molar-refractivity contribution in [2.75, 3.05) is 14.2 Å². The van der Waals surface area contributed by atoms with Crippen molar-refractivity contribution in [2.24, 2.45) is 0 Å². The number of carbonyl (C=O) groups excluding carboxylic acids is 1. The van der Waals surface area contributed by atoms with E-state index in [0.717, 1.165) is 11.5 Å². The predicted molar refractivity (Wildman–Crippen MR) is 286 cm³/mol. The average Bonchev–Trinajstić information content (AvgIpc) is 3.33. The van der Waals surface area contributed by atoms with Crippen molar-refractivity contribution in [3.05, 3.63) is 184 Å². The van der Waals surface area contributed by atoms with Gasteiger partial charge in [-0.15, -0.1) is 0 Å². The molecule has 7 aromatic rings. The normalized spacial score (nSPS) is 16.4. The number of methoxy groups -OCH3 is 2. The fourth-order valence-corrected chi connectivity index (χ4v) is 14.4. The van der Waals surface area contributed by atoms with Crippen LogP contribution < -0.4 is 14.8 Å². The van der Waals surface area contributed by atoms with E-state index in [2.05, 4.69) is 209 Å². The van der Waals surface area contributed by atoms with Crippen molar-refractivity contribution >= 4 is 19.0 Å². The molecule has 1 heterocycles. The van der Waals surface area contributed by atoms with Crippen LogP contribution in [-0.2, 0) is 4.79 Å². The van der Waals surface area contributed by atoms with E-state index < -0.39 is 7.92 Å². The van der Waals surface area contributed by atoms with Gasteiger partial charge in [-0.25, -0.2) is 0 Å². The first-order chi connectivity index (χ1) is 32.2. The molecule has 344 valence electrons. The molecular weight excluding hydrogens is 836 g/mol. The fourth-order valence-electron chi connectivity index (χ4n) is 10.6. The quantitative estimate of drug-likeness (QED) is 0.108. The minimum absolute atomic E-state index is 0.0401. The van der Waals surface area contributed by atoms with Crippen LogP contribution >= 0.6 is 7.92 Å². The van der Waals surface area contributed by atoms with Crippen LogP contribution in [0.4, 0.5) is 0 Å². The Bertz CT molecular complexity index is 2630. The van der Waals surface area contributed by atoms with Gasteiger partial charge in [0.05, 0.1) is 14.2 Å². The molecule has 2 unspecified atom stereocenters. The number of carbonyl (C=O) groups is 1. The molecule has 3 nitrogen and oxygen atoms in total. The molecule has 2 atom stereocenters. The van der Waals surface area contributed by atoms with Crippen LogP contribution in [0.5, 0.6) is 11.5 Å². The van der Waals surface area contributed by atoms with Crippen molar-refractivity contribution < 1.29 is 14.3 Å². The standard InChI is InChI=1S/C63H69O3P/c1-38(2)55-32-46(51-20-15-13-18-42(51)9)33-56(39(3)4)61(55)53-22-17-23-54(62-57(40(5)6)34-47(35-58(62)41(7)8)52-21-16-14-19-43(52)10)63(53)67-59(44-24-28-49(65-11)29-25-44)36-48(64)37-60(67)45-26-30-50(66-12)31-27-45/h13-35,38-41,59-60H,36-37H2,1-12H3.